The average molecular weight is 220 g/mol. The molecule has 0 saturated carbocycles. The van der Waals surface area contributed by atoms with Gasteiger partial charge < -0.3 is 15.7 Å². The average Bonchev–Trinajstić information content (AvgIpc) is 2.31. The normalized spacial score (nSPS) is 20.6. The van der Waals surface area contributed by atoms with Crippen molar-refractivity contribution in [2.24, 2.45) is 0 Å². The van der Waals surface area contributed by atoms with Gasteiger partial charge in [0.15, 0.2) is 0 Å². The first-order valence-electron chi connectivity index (χ1n) is 5.52. The van der Waals surface area contributed by atoms with Gasteiger partial charge in [0.05, 0.1) is 5.56 Å². The summed E-state index contributed by atoms with van der Waals surface area (Å²) in [7, 11) is 0. The minimum Gasteiger partial charge on any atom is -0.478 e. The molecule has 1 aromatic rings. The van der Waals surface area contributed by atoms with Gasteiger partial charge in [0.1, 0.15) is 0 Å². The fourth-order valence-corrected chi connectivity index (χ4v) is 1.93. The van der Waals surface area contributed by atoms with Crippen LogP contribution in [0, 0.1) is 0 Å². The van der Waals surface area contributed by atoms with Gasteiger partial charge in [-0.3, -0.25) is 0 Å². The van der Waals surface area contributed by atoms with Gasteiger partial charge in [-0.1, -0.05) is 12.1 Å². The number of carboxylic acid groups (broad SMARTS) is 1. The number of rotatable bonds is 3. The van der Waals surface area contributed by atoms with Crippen LogP contribution in [0.1, 0.15) is 15.9 Å². The van der Waals surface area contributed by atoms with Crippen molar-refractivity contribution in [2.75, 3.05) is 19.6 Å². The SMILES string of the molecule is O=C(O)c1ccc(CC2CNCCN2)cc1. The highest BCUT2D eigenvalue weighted by molar-refractivity contribution is 5.87. The predicted octanol–water partition coefficient (Wildman–Crippen LogP) is 0.489. The smallest absolute Gasteiger partial charge is 0.335 e. The van der Waals surface area contributed by atoms with E-state index in [0.29, 0.717) is 11.6 Å². The topological polar surface area (TPSA) is 61.4 Å². The highest BCUT2D eigenvalue weighted by Gasteiger charge is 2.12. The van der Waals surface area contributed by atoms with E-state index in [0.717, 1.165) is 26.1 Å². The van der Waals surface area contributed by atoms with Crippen LogP contribution in [0.2, 0.25) is 0 Å². The van der Waals surface area contributed by atoms with Crippen molar-refractivity contribution in [3.8, 4) is 0 Å². The lowest BCUT2D eigenvalue weighted by Crippen LogP contribution is -2.49. The Hall–Kier alpha value is -1.39. The lowest BCUT2D eigenvalue weighted by atomic mass is 10.0. The standard InChI is InChI=1S/C12H16N2O2/c15-12(16)10-3-1-9(2-4-10)7-11-8-13-5-6-14-11/h1-4,11,13-14H,5-8H2,(H,15,16). The van der Waals surface area contributed by atoms with E-state index in [1.54, 1.807) is 12.1 Å². The third kappa shape index (κ3) is 2.81. The molecule has 2 rings (SSSR count). The Morgan fingerprint density at radius 3 is 2.62 bits per heavy atom. The van der Waals surface area contributed by atoms with Crippen LogP contribution in [-0.4, -0.2) is 36.8 Å². The van der Waals surface area contributed by atoms with Gasteiger partial charge in [0, 0.05) is 25.7 Å². The van der Waals surface area contributed by atoms with Crippen LogP contribution in [0.5, 0.6) is 0 Å². The maximum Gasteiger partial charge on any atom is 0.335 e. The minimum atomic E-state index is -0.871. The van der Waals surface area contributed by atoms with Gasteiger partial charge >= 0.3 is 5.97 Å². The number of aromatic carboxylic acids is 1. The summed E-state index contributed by atoms with van der Waals surface area (Å²) in [5.41, 5.74) is 1.52. The largest absolute Gasteiger partial charge is 0.478 e. The molecule has 1 saturated heterocycles. The lowest BCUT2D eigenvalue weighted by Gasteiger charge is -2.24. The Morgan fingerprint density at radius 1 is 1.31 bits per heavy atom. The van der Waals surface area contributed by atoms with Gasteiger partial charge in [-0.25, -0.2) is 4.79 Å². The zero-order chi connectivity index (χ0) is 11.4. The molecule has 1 aliphatic heterocycles. The van der Waals surface area contributed by atoms with E-state index in [1.165, 1.54) is 5.56 Å². The van der Waals surface area contributed by atoms with E-state index in [-0.39, 0.29) is 0 Å². The molecule has 0 amide bonds. The van der Waals surface area contributed by atoms with Gasteiger partial charge in [0.25, 0.3) is 0 Å². The number of nitrogens with one attached hydrogen (secondary N) is 2. The Labute approximate surface area is 94.7 Å². The maximum atomic E-state index is 10.7. The molecule has 4 heteroatoms. The predicted molar refractivity (Wildman–Crippen MR) is 61.8 cm³/mol. The quantitative estimate of drug-likeness (QED) is 0.693. The zero-order valence-electron chi connectivity index (χ0n) is 9.07. The van der Waals surface area contributed by atoms with E-state index < -0.39 is 5.97 Å². The third-order valence-electron chi connectivity index (χ3n) is 2.81. The molecule has 1 aliphatic rings. The van der Waals surface area contributed by atoms with E-state index >= 15 is 0 Å². The van der Waals surface area contributed by atoms with Gasteiger partial charge in [0.2, 0.25) is 0 Å². The number of benzene rings is 1. The number of hydrogen-bond donors (Lipinski definition) is 3. The molecule has 0 aromatic heterocycles. The summed E-state index contributed by atoms with van der Waals surface area (Å²) in [5, 5.41) is 15.5. The molecule has 1 atom stereocenters. The van der Waals surface area contributed by atoms with Crippen LogP contribution >= 0.6 is 0 Å². The first-order chi connectivity index (χ1) is 7.75. The Morgan fingerprint density at radius 2 is 2.06 bits per heavy atom. The van der Waals surface area contributed by atoms with Crippen LogP contribution < -0.4 is 10.6 Å². The van der Waals surface area contributed by atoms with Crippen molar-refractivity contribution in [1.29, 1.82) is 0 Å². The first-order valence-corrected chi connectivity index (χ1v) is 5.52. The van der Waals surface area contributed by atoms with Crippen LogP contribution in [0.4, 0.5) is 0 Å². The monoisotopic (exact) mass is 220 g/mol. The number of carbonyl (C=O) groups is 1. The van der Waals surface area contributed by atoms with Crippen LogP contribution in [0.3, 0.4) is 0 Å². The molecule has 1 fully saturated rings. The molecule has 0 radical (unpaired) electrons. The summed E-state index contributed by atoms with van der Waals surface area (Å²) >= 11 is 0. The fourth-order valence-electron chi connectivity index (χ4n) is 1.93. The molecule has 1 unspecified atom stereocenters. The minimum absolute atomic E-state index is 0.346. The Kier molecular flexibility index (Phi) is 3.54. The van der Waals surface area contributed by atoms with E-state index in [1.807, 2.05) is 12.1 Å². The van der Waals surface area contributed by atoms with E-state index in [9.17, 15) is 4.79 Å². The summed E-state index contributed by atoms with van der Waals surface area (Å²) in [5.74, 6) is -0.871. The van der Waals surface area contributed by atoms with E-state index in [4.69, 9.17) is 5.11 Å². The number of hydrogen-bond acceptors (Lipinski definition) is 3. The van der Waals surface area contributed by atoms with Gasteiger partial charge in [-0.2, -0.15) is 0 Å². The van der Waals surface area contributed by atoms with Gasteiger partial charge in [-0.15, -0.1) is 0 Å². The number of carboxylic acids is 1. The van der Waals surface area contributed by atoms with Crippen LogP contribution in [-0.2, 0) is 6.42 Å². The molecule has 86 valence electrons. The molecule has 1 heterocycles. The Bertz CT molecular complexity index is 356. The molecule has 3 N–H and O–H groups in total. The molecule has 0 bridgehead atoms. The molecule has 1 aromatic carbocycles. The molecular formula is C12H16N2O2. The fraction of sp³-hybridized carbons (Fsp3) is 0.417. The summed E-state index contributed by atoms with van der Waals surface area (Å²) in [4.78, 5) is 10.7. The first kappa shape index (κ1) is 11.1. The summed E-state index contributed by atoms with van der Waals surface area (Å²) in [6.07, 6.45) is 0.937. The zero-order valence-corrected chi connectivity index (χ0v) is 9.07. The molecule has 4 nitrogen and oxygen atoms in total. The van der Waals surface area contributed by atoms with Gasteiger partial charge in [-0.05, 0) is 24.1 Å². The second-order valence-corrected chi connectivity index (χ2v) is 4.06. The number of piperazine rings is 1. The second-order valence-electron chi connectivity index (χ2n) is 4.06. The summed E-state index contributed by atoms with van der Waals surface area (Å²) in [6, 6.07) is 7.55. The molecule has 16 heavy (non-hydrogen) atoms. The molecule has 0 spiro atoms. The molecule has 0 aliphatic carbocycles. The highest BCUT2D eigenvalue weighted by atomic mass is 16.4. The third-order valence-corrected chi connectivity index (χ3v) is 2.81. The van der Waals surface area contributed by atoms with Crippen LogP contribution in [0.15, 0.2) is 24.3 Å². The molecular weight excluding hydrogens is 204 g/mol. The lowest BCUT2D eigenvalue weighted by molar-refractivity contribution is 0.0697. The maximum absolute atomic E-state index is 10.7. The van der Waals surface area contributed by atoms with Crippen molar-refractivity contribution in [1.82, 2.24) is 10.6 Å². The van der Waals surface area contributed by atoms with Crippen molar-refractivity contribution >= 4 is 5.97 Å². The summed E-state index contributed by atoms with van der Waals surface area (Å²) in [6.45, 7) is 2.99. The van der Waals surface area contributed by atoms with Crippen molar-refractivity contribution in [2.45, 2.75) is 12.5 Å². The second kappa shape index (κ2) is 5.09. The van der Waals surface area contributed by atoms with E-state index in [2.05, 4.69) is 10.6 Å². The van der Waals surface area contributed by atoms with Crippen molar-refractivity contribution < 1.29 is 9.90 Å². The Balaban J connectivity index is 1.96. The highest BCUT2D eigenvalue weighted by Crippen LogP contribution is 2.07. The van der Waals surface area contributed by atoms with Crippen molar-refractivity contribution in [3.05, 3.63) is 35.4 Å². The summed E-state index contributed by atoms with van der Waals surface area (Å²) < 4.78 is 0. The van der Waals surface area contributed by atoms with Crippen LogP contribution in [0.25, 0.3) is 0 Å². The van der Waals surface area contributed by atoms with Crippen molar-refractivity contribution in [3.63, 3.8) is 0 Å².